The van der Waals surface area contributed by atoms with Gasteiger partial charge in [0.2, 0.25) is 0 Å². The molecule has 0 spiro atoms. The van der Waals surface area contributed by atoms with Gasteiger partial charge in [-0.2, -0.15) is 0 Å². The summed E-state index contributed by atoms with van der Waals surface area (Å²) in [5, 5.41) is 0. The van der Waals surface area contributed by atoms with Crippen molar-refractivity contribution in [3.63, 3.8) is 0 Å². The highest BCUT2D eigenvalue weighted by molar-refractivity contribution is 5.43. The third-order valence-electron chi connectivity index (χ3n) is 5.58. The number of piperidine rings is 1. The minimum atomic E-state index is 0.0849. The Hall–Kier alpha value is -1.64. The van der Waals surface area contributed by atoms with Crippen LogP contribution in [0.5, 0.6) is 0 Å². The second-order valence-electron chi connectivity index (χ2n) is 7.07. The maximum atomic E-state index is 6.76. The highest BCUT2D eigenvalue weighted by atomic mass is 16.5. The molecule has 126 valence electrons. The van der Waals surface area contributed by atoms with Crippen LogP contribution in [0.3, 0.4) is 0 Å². The third-order valence-corrected chi connectivity index (χ3v) is 5.58. The molecule has 2 heteroatoms. The van der Waals surface area contributed by atoms with Crippen molar-refractivity contribution in [2.24, 2.45) is 0 Å². The van der Waals surface area contributed by atoms with E-state index in [1.54, 1.807) is 0 Å². The number of benzene rings is 2. The van der Waals surface area contributed by atoms with Gasteiger partial charge in [-0.05, 0) is 61.0 Å². The molecule has 2 aromatic rings. The average molecular weight is 321 g/mol. The van der Waals surface area contributed by atoms with Crippen LogP contribution in [0.15, 0.2) is 48.5 Å². The van der Waals surface area contributed by atoms with Crippen LogP contribution >= 0.6 is 0 Å². The highest BCUT2D eigenvalue weighted by Crippen LogP contribution is 2.36. The van der Waals surface area contributed by atoms with E-state index in [1.807, 2.05) is 0 Å². The summed E-state index contributed by atoms with van der Waals surface area (Å²) in [5.74, 6) is 0. The van der Waals surface area contributed by atoms with Crippen LogP contribution in [0.1, 0.15) is 48.1 Å². The quantitative estimate of drug-likeness (QED) is 0.832. The molecule has 0 N–H and O–H groups in total. The van der Waals surface area contributed by atoms with Crippen molar-refractivity contribution in [1.82, 2.24) is 4.90 Å². The molecule has 1 fully saturated rings. The largest absolute Gasteiger partial charge is 0.364 e. The minimum Gasteiger partial charge on any atom is -0.364 e. The Morgan fingerprint density at radius 1 is 0.958 bits per heavy atom. The first-order valence-electron chi connectivity index (χ1n) is 9.38. The van der Waals surface area contributed by atoms with E-state index in [9.17, 15) is 0 Å². The third kappa shape index (κ3) is 3.13. The van der Waals surface area contributed by atoms with Crippen LogP contribution in [0.2, 0.25) is 0 Å². The van der Waals surface area contributed by atoms with Crippen molar-refractivity contribution in [1.29, 1.82) is 0 Å². The zero-order valence-corrected chi connectivity index (χ0v) is 14.6. The maximum Gasteiger partial charge on any atom is 0.109 e. The van der Waals surface area contributed by atoms with Crippen molar-refractivity contribution in [3.05, 3.63) is 70.8 Å². The Balaban J connectivity index is 1.68. The molecule has 24 heavy (non-hydrogen) atoms. The van der Waals surface area contributed by atoms with Crippen LogP contribution in [-0.2, 0) is 17.6 Å². The van der Waals surface area contributed by atoms with Gasteiger partial charge in [0, 0.05) is 6.54 Å². The number of likely N-dealkylation sites (tertiary alicyclic amines) is 1. The van der Waals surface area contributed by atoms with E-state index in [1.165, 1.54) is 41.6 Å². The number of rotatable bonds is 3. The number of likely N-dealkylation sites (N-methyl/N-ethyl adjacent to an activating group) is 1. The molecule has 0 radical (unpaired) electrons. The van der Waals surface area contributed by atoms with E-state index in [2.05, 4.69) is 60.4 Å². The molecule has 2 aromatic carbocycles. The summed E-state index contributed by atoms with van der Waals surface area (Å²) in [6, 6.07) is 17.7. The molecule has 0 amide bonds. The highest BCUT2D eigenvalue weighted by Gasteiger charge is 2.28. The Morgan fingerprint density at radius 3 is 2.21 bits per heavy atom. The lowest BCUT2D eigenvalue weighted by molar-refractivity contribution is -0.0324. The number of hydrogen-bond acceptors (Lipinski definition) is 2. The molecule has 1 aliphatic heterocycles. The van der Waals surface area contributed by atoms with Crippen LogP contribution in [0.4, 0.5) is 0 Å². The molecule has 0 aromatic heterocycles. The molecule has 1 saturated heterocycles. The fraction of sp³-hybridized carbons (Fsp3) is 0.455. The molecule has 0 bridgehead atoms. The Kier molecular flexibility index (Phi) is 4.68. The molecule has 1 heterocycles. The van der Waals surface area contributed by atoms with Crippen molar-refractivity contribution < 1.29 is 4.74 Å². The number of ether oxygens (including phenoxy) is 1. The SMILES string of the molecule is CCN1CCCC(OC2c3ccccc3CCc3ccccc32)C1. The van der Waals surface area contributed by atoms with Gasteiger partial charge in [0.05, 0.1) is 6.10 Å². The second kappa shape index (κ2) is 7.08. The summed E-state index contributed by atoms with van der Waals surface area (Å²) in [7, 11) is 0. The van der Waals surface area contributed by atoms with Crippen LogP contribution in [0, 0.1) is 0 Å². The molecule has 2 aliphatic rings. The van der Waals surface area contributed by atoms with E-state index in [4.69, 9.17) is 4.74 Å². The van der Waals surface area contributed by atoms with E-state index < -0.39 is 0 Å². The van der Waals surface area contributed by atoms with Gasteiger partial charge in [-0.3, -0.25) is 0 Å². The standard InChI is InChI=1S/C22H27NO/c1-2-23-15-7-10-19(16-23)24-22-20-11-5-3-8-17(20)13-14-18-9-4-6-12-21(18)22/h3-6,8-9,11-12,19,22H,2,7,10,13-16H2,1H3. The van der Waals surface area contributed by atoms with Gasteiger partial charge in [-0.25, -0.2) is 0 Å². The van der Waals surface area contributed by atoms with Gasteiger partial charge in [-0.1, -0.05) is 55.5 Å². The summed E-state index contributed by atoms with van der Waals surface area (Å²) in [6.07, 6.45) is 5.06. The molecule has 1 atom stereocenters. The van der Waals surface area contributed by atoms with Crippen molar-refractivity contribution in [3.8, 4) is 0 Å². The van der Waals surface area contributed by atoms with Crippen LogP contribution in [-0.4, -0.2) is 30.6 Å². The zero-order valence-electron chi connectivity index (χ0n) is 14.6. The van der Waals surface area contributed by atoms with E-state index in [0.717, 1.165) is 25.9 Å². The molecule has 4 rings (SSSR count). The smallest absolute Gasteiger partial charge is 0.109 e. The van der Waals surface area contributed by atoms with Gasteiger partial charge in [-0.15, -0.1) is 0 Å². The van der Waals surface area contributed by atoms with Crippen molar-refractivity contribution in [2.75, 3.05) is 19.6 Å². The normalized spacial score (nSPS) is 21.8. The van der Waals surface area contributed by atoms with E-state index in [-0.39, 0.29) is 6.10 Å². The summed E-state index contributed by atoms with van der Waals surface area (Å²) in [4.78, 5) is 2.52. The van der Waals surface area contributed by atoms with E-state index >= 15 is 0 Å². The Labute approximate surface area is 145 Å². The van der Waals surface area contributed by atoms with Gasteiger partial charge < -0.3 is 9.64 Å². The van der Waals surface area contributed by atoms with Crippen LogP contribution < -0.4 is 0 Å². The summed E-state index contributed by atoms with van der Waals surface area (Å²) in [5.41, 5.74) is 5.64. The fourth-order valence-electron chi connectivity index (χ4n) is 4.22. The molecule has 2 nitrogen and oxygen atoms in total. The minimum absolute atomic E-state index is 0.0849. The molecular weight excluding hydrogens is 294 g/mol. The number of hydrogen-bond donors (Lipinski definition) is 0. The van der Waals surface area contributed by atoms with Gasteiger partial charge in [0.15, 0.2) is 0 Å². The fourth-order valence-corrected chi connectivity index (χ4v) is 4.22. The van der Waals surface area contributed by atoms with Crippen molar-refractivity contribution >= 4 is 0 Å². The molecule has 1 aliphatic carbocycles. The molecule has 0 saturated carbocycles. The topological polar surface area (TPSA) is 12.5 Å². The summed E-state index contributed by atoms with van der Waals surface area (Å²) >= 11 is 0. The first kappa shape index (κ1) is 15.9. The van der Waals surface area contributed by atoms with Gasteiger partial charge in [0.25, 0.3) is 0 Å². The first-order chi connectivity index (χ1) is 11.8. The van der Waals surface area contributed by atoms with Crippen molar-refractivity contribution in [2.45, 2.75) is 44.8 Å². The molecule has 1 unspecified atom stereocenters. The van der Waals surface area contributed by atoms with Gasteiger partial charge >= 0.3 is 0 Å². The average Bonchev–Trinajstić information content (AvgIpc) is 2.80. The lowest BCUT2D eigenvalue weighted by atomic mass is 9.96. The Morgan fingerprint density at radius 2 is 1.58 bits per heavy atom. The van der Waals surface area contributed by atoms with Gasteiger partial charge in [0.1, 0.15) is 6.10 Å². The maximum absolute atomic E-state index is 6.76. The lowest BCUT2D eigenvalue weighted by Crippen LogP contribution is -2.40. The first-order valence-corrected chi connectivity index (χ1v) is 9.38. The number of fused-ring (bicyclic) bond motifs is 2. The second-order valence-corrected chi connectivity index (χ2v) is 7.07. The monoisotopic (exact) mass is 321 g/mol. The summed E-state index contributed by atoms with van der Waals surface area (Å²) < 4.78 is 6.76. The van der Waals surface area contributed by atoms with E-state index in [0.29, 0.717) is 6.10 Å². The molecular formula is C22H27NO. The predicted molar refractivity (Wildman–Crippen MR) is 98.4 cm³/mol. The zero-order chi connectivity index (χ0) is 16.4. The number of aryl methyl sites for hydroxylation is 2. The number of nitrogens with zero attached hydrogens (tertiary/aromatic N) is 1. The lowest BCUT2D eigenvalue weighted by Gasteiger charge is -2.34. The predicted octanol–water partition coefficient (Wildman–Crippen LogP) is 4.38. The van der Waals surface area contributed by atoms with Crippen LogP contribution in [0.25, 0.3) is 0 Å². The summed E-state index contributed by atoms with van der Waals surface area (Å²) in [6.45, 7) is 5.65. The Bertz CT molecular complexity index is 648.